The molecule has 0 bridgehead atoms. The molecule has 0 radical (unpaired) electrons. The SMILES string of the molecule is CC.CC.CC.Cc1cccs1. The molecule has 1 heterocycles. The first-order valence-corrected chi connectivity index (χ1v) is 5.77. The van der Waals surface area contributed by atoms with Gasteiger partial charge in [-0.05, 0) is 18.4 Å². The second-order valence-corrected chi connectivity index (χ2v) is 2.38. The van der Waals surface area contributed by atoms with E-state index in [1.165, 1.54) is 4.88 Å². The molecule has 1 aromatic heterocycles. The Morgan fingerprint density at radius 2 is 1.33 bits per heavy atom. The predicted molar refractivity (Wildman–Crippen MR) is 63.1 cm³/mol. The van der Waals surface area contributed by atoms with Gasteiger partial charge in [-0.2, -0.15) is 0 Å². The van der Waals surface area contributed by atoms with Crippen molar-refractivity contribution in [3.63, 3.8) is 0 Å². The minimum atomic E-state index is 1.38. The van der Waals surface area contributed by atoms with Gasteiger partial charge in [0.05, 0.1) is 0 Å². The molecular formula is C11H24S. The Labute approximate surface area is 82.6 Å². The molecule has 1 heteroatoms. The van der Waals surface area contributed by atoms with E-state index in [4.69, 9.17) is 0 Å². The van der Waals surface area contributed by atoms with Crippen molar-refractivity contribution in [3.05, 3.63) is 22.4 Å². The van der Waals surface area contributed by atoms with Gasteiger partial charge in [-0.1, -0.05) is 47.6 Å². The van der Waals surface area contributed by atoms with Crippen LogP contribution < -0.4 is 0 Å². The molecule has 0 aliphatic carbocycles. The Hall–Kier alpha value is -0.300. The maximum Gasteiger partial charge on any atom is 0.00141 e. The Balaban J connectivity index is -0.000000117. The largest absolute Gasteiger partial charge is 0.149 e. The molecule has 12 heavy (non-hydrogen) atoms. The van der Waals surface area contributed by atoms with Gasteiger partial charge in [0.15, 0.2) is 0 Å². The molecule has 0 aliphatic heterocycles. The minimum Gasteiger partial charge on any atom is -0.149 e. The molecule has 0 unspecified atom stereocenters. The summed E-state index contributed by atoms with van der Waals surface area (Å²) in [5.74, 6) is 0. The molecule has 1 aromatic rings. The molecule has 0 fully saturated rings. The fourth-order valence-electron chi connectivity index (χ4n) is 0.361. The fourth-order valence-corrected chi connectivity index (χ4v) is 0.890. The summed E-state index contributed by atoms with van der Waals surface area (Å²) in [5.41, 5.74) is 0. The normalized spacial score (nSPS) is 5.92. The van der Waals surface area contributed by atoms with E-state index in [1.807, 2.05) is 41.5 Å². The first kappa shape index (κ1) is 17.7. The van der Waals surface area contributed by atoms with Crippen LogP contribution in [0.3, 0.4) is 0 Å². The first-order chi connectivity index (χ1) is 5.89. The maximum absolute atomic E-state index is 2.10. The number of aryl methyl sites for hydroxylation is 1. The molecule has 0 N–H and O–H groups in total. The van der Waals surface area contributed by atoms with Crippen LogP contribution in [-0.2, 0) is 0 Å². The van der Waals surface area contributed by atoms with Crippen LogP contribution in [0.4, 0.5) is 0 Å². The van der Waals surface area contributed by atoms with Gasteiger partial charge < -0.3 is 0 Å². The summed E-state index contributed by atoms with van der Waals surface area (Å²) in [4.78, 5) is 1.38. The van der Waals surface area contributed by atoms with Crippen molar-refractivity contribution in [2.75, 3.05) is 0 Å². The molecule has 0 atom stereocenters. The zero-order valence-corrected chi connectivity index (χ0v) is 10.5. The quantitative estimate of drug-likeness (QED) is 0.529. The van der Waals surface area contributed by atoms with E-state index in [-0.39, 0.29) is 0 Å². The van der Waals surface area contributed by atoms with Gasteiger partial charge in [-0.15, -0.1) is 11.3 Å². The predicted octanol–water partition coefficient (Wildman–Crippen LogP) is 5.14. The van der Waals surface area contributed by atoms with E-state index in [2.05, 4.69) is 24.4 Å². The highest BCUT2D eigenvalue weighted by Gasteiger charge is 1.74. The van der Waals surface area contributed by atoms with Gasteiger partial charge in [0.25, 0.3) is 0 Å². The second-order valence-electron chi connectivity index (χ2n) is 1.22. The van der Waals surface area contributed by atoms with Crippen LogP contribution >= 0.6 is 11.3 Å². The summed E-state index contributed by atoms with van der Waals surface area (Å²) in [5, 5.41) is 2.08. The molecule has 0 spiro atoms. The smallest absolute Gasteiger partial charge is 0.00141 e. The topological polar surface area (TPSA) is 0 Å². The fraction of sp³-hybridized carbons (Fsp3) is 0.636. The highest BCUT2D eigenvalue weighted by atomic mass is 32.1. The standard InChI is InChI=1S/C5H6S.3C2H6/c1-5-3-2-4-6-5;3*1-2/h2-4H,1H3;3*1-2H3. The van der Waals surface area contributed by atoms with Gasteiger partial charge in [-0.25, -0.2) is 0 Å². The van der Waals surface area contributed by atoms with E-state index < -0.39 is 0 Å². The van der Waals surface area contributed by atoms with E-state index >= 15 is 0 Å². The number of hydrogen-bond acceptors (Lipinski definition) is 1. The molecule has 0 saturated heterocycles. The van der Waals surface area contributed by atoms with Crippen molar-refractivity contribution in [3.8, 4) is 0 Å². The van der Waals surface area contributed by atoms with Gasteiger partial charge in [0, 0.05) is 4.88 Å². The second kappa shape index (κ2) is 22.4. The number of rotatable bonds is 0. The lowest BCUT2D eigenvalue weighted by molar-refractivity contribution is 1.50. The summed E-state index contributed by atoms with van der Waals surface area (Å²) in [6.07, 6.45) is 0. The lowest BCUT2D eigenvalue weighted by atomic mass is 10.5. The summed E-state index contributed by atoms with van der Waals surface area (Å²) < 4.78 is 0. The van der Waals surface area contributed by atoms with Gasteiger partial charge in [0.2, 0.25) is 0 Å². The lowest BCUT2D eigenvalue weighted by Crippen LogP contribution is -1.42. The highest BCUT2D eigenvalue weighted by molar-refractivity contribution is 7.09. The highest BCUT2D eigenvalue weighted by Crippen LogP contribution is 2.03. The maximum atomic E-state index is 2.10. The van der Waals surface area contributed by atoms with Crippen LogP contribution in [0.5, 0.6) is 0 Å². The van der Waals surface area contributed by atoms with Crippen LogP contribution in [0.25, 0.3) is 0 Å². The molecule has 0 amide bonds. The lowest BCUT2D eigenvalue weighted by Gasteiger charge is -1.65. The zero-order valence-electron chi connectivity index (χ0n) is 9.64. The summed E-state index contributed by atoms with van der Waals surface area (Å²) in [6.45, 7) is 14.1. The third-order valence-corrected chi connectivity index (χ3v) is 1.46. The first-order valence-electron chi connectivity index (χ1n) is 4.90. The van der Waals surface area contributed by atoms with Crippen LogP contribution in [0.15, 0.2) is 17.5 Å². The third kappa shape index (κ3) is 16.4. The van der Waals surface area contributed by atoms with Crippen LogP contribution in [0.1, 0.15) is 46.4 Å². The molecule has 0 nitrogen and oxygen atoms in total. The molecule has 0 saturated carbocycles. The third-order valence-electron chi connectivity index (χ3n) is 0.663. The van der Waals surface area contributed by atoms with Crippen molar-refractivity contribution in [1.82, 2.24) is 0 Å². The molecule has 0 aromatic carbocycles. The summed E-state index contributed by atoms with van der Waals surface area (Å²) in [6, 6.07) is 4.16. The molecule has 0 aliphatic rings. The summed E-state index contributed by atoms with van der Waals surface area (Å²) in [7, 11) is 0. The van der Waals surface area contributed by atoms with Gasteiger partial charge >= 0.3 is 0 Å². The Kier molecular flexibility index (Phi) is 33.1. The molecular weight excluding hydrogens is 164 g/mol. The minimum absolute atomic E-state index is 1.38. The van der Waals surface area contributed by atoms with Gasteiger partial charge in [-0.3, -0.25) is 0 Å². The van der Waals surface area contributed by atoms with Crippen molar-refractivity contribution >= 4 is 11.3 Å². The van der Waals surface area contributed by atoms with Crippen molar-refractivity contribution in [2.24, 2.45) is 0 Å². The molecule has 74 valence electrons. The van der Waals surface area contributed by atoms with Crippen molar-refractivity contribution in [2.45, 2.75) is 48.5 Å². The number of thiophene rings is 1. The van der Waals surface area contributed by atoms with Crippen LogP contribution in [0.2, 0.25) is 0 Å². The van der Waals surface area contributed by atoms with E-state index in [0.29, 0.717) is 0 Å². The monoisotopic (exact) mass is 188 g/mol. The van der Waals surface area contributed by atoms with E-state index in [9.17, 15) is 0 Å². The summed E-state index contributed by atoms with van der Waals surface area (Å²) >= 11 is 1.78. The Morgan fingerprint density at radius 1 is 0.917 bits per heavy atom. The average molecular weight is 188 g/mol. The molecule has 1 rings (SSSR count). The Morgan fingerprint density at radius 3 is 1.42 bits per heavy atom. The van der Waals surface area contributed by atoms with Gasteiger partial charge in [0.1, 0.15) is 0 Å². The Bertz CT molecular complexity index is 109. The van der Waals surface area contributed by atoms with E-state index in [0.717, 1.165) is 0 Å². The number of hydrogen-bond donors (Lipinski definition) is 0. The average Bonchev–Trinajstić information content (AvgIpc) is 2.66. The van der Waals surface area contributed by atoms with E-state index in [1.54, 1.807) is 11.3 Å². The zero-order chi connectivity index (χ0) is 10.4. The van der Waals surface area contributed by atoms with Crippen LogP contribution in [0, 0.1) is 6.92 Å². The van der Waals surface area contributed by atoms with Crippen molar-refractivity contribution < 1.29 is 0 Å². The van der Waals surface area contributed by atoms with Crippen LogP contribution in [-0.4, -0.2) is 0 Å². The van der Waals surface area contributed by atoms with Crippen molar-refractivity contribution in [1.29, 1.82) is 0 Å².